The maximum absolute atomic E-state index is 5.61. The molecule has 0 bridgehead atoms. The summed E-state index contributed by atoms with van der Waals surface area (Å²) in [6.45, 7) is 1.55. The van der Waals surface area contributed by atoms with Crippen molar-refractivity contribution >= 4 is 0 Å². The Hall–Kier alpha value is -1.35. The van der Waals surface area contributed by atoms with E-state index in [1.807, 2.05) is 6.20 Å². The number of nitrogens with one attached hydrogen (secondary N) is 1. The Kier molecular flexibility index (Phi) is 4.37. The molecule has 86 valence electrons. The first kappa shape index (κ1) is 11.1. The summed E-state index contributed by atoms with van der Waals surface area (Å²) >= 11 is 0. The molecule has 1 N–H and O–H groups in total. The van der Waals surface area contributed by atoms with Crippen molar-refractivity contribution in [3.8, 4) is 0 Å². The Labute approximate surface area is 96.2 Å². The van der Waals surface area contributed by atoms with E-state index >= 15 is 0 Å². The highest BCUT2D eigenvalue weighted by Gasteiger charge is 1.98. The fraction of sp³-hybridized carbons (Fsp3) is 0.462. The van der Waals surface area contributed by atoms with Gasteiger partial charge in [0.2, 0.25) is 0 Å². The molecule has 0 atom stereocenters. The van der Waals surface area contributed by atoms with Crippen LogP contribution in [0.2, 0.25) is 0 Å². The van der Waals surface area contributed by atoms with Crippen molar-refractivity contribution in [2.45, 2.75) is 25.7 Å². The quantitative estimate of drug-likeness (QED) is 0.745. The van der Waals surface area contributed by atoms with Gasteiger partial charge >= 0.3 is 0 Å². The number of nitrogens with zero attached hydrogens (tertiary/aromatic N) is 1. The third kappa shape index (κ3) is 3.66. The normalized spacial score (nSPS) is 15.1. The molecule has 0 unspecified atom stereocenters. The van der Waals surface area contributed by atoms with Gasteiger partial charge in [-0.2, -0.15) is 0 Å². The number of H-pyrrole nitrogens is 1. The average molecular weight is 218 g/mol. The number of aromatic nitrogens is 2. The van der Waals surface area contributed by atoms with Gasteiger partial charge in [0.25, 0.3) is 0 Å². The number of aromatic amines is 1. The van der Waals surface area contributed by atoms with Crippen molar-refractivity contribution in [2.75, 3.05) is 13.2 Å². The molecule has 0 spiro atoms. The van der Waals surface area contributed by atoms with Gasteiger partial charge in [-0.25, -0.2) is 4.98 Å². The fourth-order valence-corrected chi connectivity index (χ4v) is 1.75. The minimum atomic E-state index is 0.747. The van der Waals surface area contributed by atoms with Crippen LogP contribution in [0, 0.1) is 0 Å². The van der Waals surface area contributed by atoms with Crippen LogP contribution in [-0.2, 0) is 11.2 Å². The Bertz CT molecular complexity index is 352. The zero-order chi connectivity index (χ0) is 11.1. The van der Waals surface area contributed by atoms with E-state index in [1.54, 1.807) is 6.33 Å². The van der Waals surface area contributed by atoms with Crippen LogP contribution in [0.4, 0.5) is 0 Å². The molecule has 0 saturated carbocycles. The van der Waals surface area contributed by atoms with Gasteiger partial charge in [0, 0.05) is 12.8 Å². The summed E-state index contributed by atoms with van der Waals surface area (Å²) in [7, 11) is 0. The lowest BCUT2D eigenvalue weighted by Gasteiger charge is -2.07. The molecule has 0 saturated heterocycles. The van der Waals surface area contributed by atoms with Crippen LogP contribution < -0.4 is 0 Å². The molecule has 0 aromatic carbocycles. The van der Waals surface area contributed by atoms with Gasteiger partial charge < -0.3 is 9.72 Å². The molecule has 16 heavy (non-hydrogen) atoms. The van der Waals surface area contributed by atoms with Crippen molar-refractivity contribution in [3.05, 3.63) is 42.0 Å². The van der Waals surface area contributed by atoms with Gasteiger partial charge in [0.15, 0.2) is 0 Å². The second-order valence-electron chi connectivity index (χ2n) is 3.98. The van der Waals surface area contributed by atoms with Gasteiger partial charge in [-0.15, -0.1) is 0 Å². The summed E-state index contributed by atoms with van der Waals surface area (Å²) in [5.41, 5.74) is 2.42. The second-order valence-corrected chi connectivity index (χ2v) is 3.98. The third-order valence-corrected chi connectivity index (χ3v) is 2.62. The van der Waals surface area contributed by atoms with Gasteiger partial charge in [-0.3, -0.25) is 0 Å². The summed E-state index contributed by atoms with van der Waals surface area (Å²) in [4.78, 5) is 7.12. The first-order valence-corrected chi connectivity index (χ1v) is 5.86. The van der Waals surface area contributed by atoms with Crippen LogP contribution in [0.1, 0.15) is 25.0 Å². The fourth-order valence-electron chi connectivity index (χ4n) is 1.75. The van der Waals surface area contributed by atoms with E-state index in [1.165, 1.54) is 12.0 Å². The number of imidazole rings is 1. The van der Waals surface area contributed by atoms with E-state index in [-0.39, 0.29) is 0 Å². The number of aryl methyl sites for hydroxylation is 1. The zero-order valence-corrected chi connectivity index (χ0v) is 9.48. The molecule has 2 rings (SSSR count). The van der Waals surface area contributed by atoms with E-state index in [0.717, 1.165) is 38.2 Å². The van der Waals surface area contributed by atoms with E-state index in [9.17, 15) is 0 Å². The van der Waals surface area contributed by atoms with Crippen LogP contribution in [0.5, 0.6) is 0 Å². The lowest BCUT2D eigenvalue weighted by molar-refractivity contribution is 0.155. The smallest absolute Gasteiger partial charge is 0.0923 e. The molecule has 0 radical (unpaired) electrons. The number of ether oxygens (including phenoxy) is 1. The monoisotopic (exact) mass is 218 g/mol. The highest BCUT2D eigenvalue weighted by molar-refractivity contribution is 5.22. The molecular weight excluding hydrogens is 200 g/mol. The molecule has 1 aromatic rings. The topological polar surface area (TPSA) is 37.9 Å². The molecule has 1 aliphatic carbocycles. The number of rotatable bonds is 6. The van der Waals surface area contributed by atoms with Crippen LogP contribution in [0.3, 0.4) is 0 Å². The predicted octanol–water partition coefficient (Wildman–Crippen LogP) is 2.64. The predicted molar refractivity (Wildman–Crippen MR) is 64.2 cm³/mol. The molecule has 1 aromatic heterocycles. The van der Waals surface area contributed by atoms with Crippen LogP contribution in [0.25, 0.3) is 0 Å². The lowest BCUT2D eigenvalue weighted by Crippen LogP contribution is -2.01. The largest absolute Gasteiger partial charge is 0.377 e. The Balaban J connectivity index is 1.55. The molecule has 1 aliphatic rings. The summed E-state index contributed by atoms with van der Waals surface area (Å²) in [6.07, 6.45) is 14.6. The van der Waals surface area contributed by atoms with E-state index < -0.39 is 0 Å². The Morgan fingerprint density at radius 1 is 1.38 bits per heavy atom. The highest BCUT2D eigenvalue weighted by atomic mass is 16.5. The molecule has 0 aliphatic heterocycles. The van der Waals surface area contributed by atoms with Crippen molar-refractivity contribution in [2.24, 2.45) is 0 Å². The van der Waals surface area contributed by atoms with Gasteiger partial charge in [0.05, 0.1) is 18.6 Å². The molecular formula is C13H18N2O. The van der Waals surface area contributed by atoms with Crippen molar-refractivity contribution in [1.29, 1.82) is 0 Å². The highest BCUT2D eigenvalue weighted by Crippen LogP contribution is 2.09. The maximum atomic E-state index is 5.61. The minimum Gasteiger partial charge on any atom is -0.377 e. The lowest BCUT2D eigenvalue weighted by atomic mass is 10.1. The first-order chi connectivity index (χ1) is 7.95. The second kappa shape index (κ2) is 6.28. The molecule has 1 heterocycles. The van der Waals surface area contributed by atoms with Crippen LogP contribution in [-0.4, -0.2) is 23.2 Å². The Morgan fingerprint density at radius 2 is 2.38 bits per heavy atom. The number of allylic oxidation sites excluding steroid dienone is 2. The van der Waals surface area contributed by atoms with E-state index in [4.69, 9.17) is 4.74 Å². The van der Waals surface area contributed by atoms with E-state index in [2.05, 4.69) is 28.2 Å². The van der Waals surface area contributed by atoms with Crippen molar-refractivity contribution < 1.29 is 4.74 Å². The standard InChI is InChI=1S/C13H18N2O/c1-2-5-12(6-3-1)10-16-8-4-7-13-9-14-11-15-13/h2,5-6,9,11H,1,3-4,7-8,10H2,(H,14,15). The summed E-state index contributed by atoms with van der Waals surface area (Å²) in [6, 6.07) is 0. The summed E-state index contributed by atoms with van der Waals surface area (Å²) in [5, 5.41) is 0. The molecule has 3 nitrogen and oxygen atoms in total. The summed E-state index contributed by atoms with van der Waals surface area (Å²) in [5.74, 6) is 0. The number of hydrogen-bond donors (Lipinski definition) is 1. The van der Waals surface area contributed by atoms with E-state index in [0.29, 0.717) is 0 Å². The Morgan fingerprint density at radius 3 is 3.12 bits per heavy atom. The van der Waals surface area contributed by atoms with Crippen LogP contribution >= 0.6 is 0 Å². The average Bonchev–Trinajstić information content (AvgIpc) is 2.83. The van der Waals surface area contributed by atoms with Crippen molar-refractivity contribution in [1.82, 2.24) is 9.97 Å². The van der Waals surface area contributed by atoms with Crippen molar-refractivity contribution in [3.63, 3.8) is 0 Å². The van der Waals surface area contributed by atoms with Gasteiger partial charge in [-0.05, 0) is 31.3 Å². The molecule has 3 heteroatoms. The minimum absolute atomic E-state index is 0.747. The van der Waals surface area contributed by atoms with Gasteiger partial charge in [0.1, 0.15) is 0 Å². The SMILES string of the molecule is C1=CC(COCCCc2c[nH]cn2)=CCC1. The van der Waals surface area contributed by atoms with Crippen LogP contribution in [0.15, 0.2) is 36.3 Å². The van der Waals surface area contributed by atoms with Gasteiger partial charge in [-0.1, -0.05) is 18.2 Å². The summed E-state index contributed by atoms with van der Waals surface area (Å²) < 4.78 is 5.61. The zero-order valence-electron chi connectivity index (χ0n) is 9.48. The maximum Gasteiger partial charge on any atom is 0.0923 e. The molecule has 0 amide bonds. The first-order valence-electron chi connectivity index (χ1n) is 5.86. The molecule has 0 fully saturated rings. The number of hydrogen-bond acceptors (Lipinski definition) is 2. The third-order valence-electron chi connectivity index (χ3n) is 2.62.